The van der Waals surface area contributed by atoms with Crippen molar-refractivity contribution in [3.05, 3.63) is 59.7 Å². The van der Waals surface area contributed by atoms with Crippen molar-refractivity contribution in [1.82, 2.24) is 0 Å². The molecule has 1 N–H and O–H groups in total. The molecule has 1 fully saturated rings. The smallest absolute Gasteiger partial charge is 0.224 e. The Morgan fingerprint density at radius 1 is 1.12 bits per heavy atom. The number of hydrogen-bond acceptors (Lipinski definition) is 3. The van der Waals surface area contributed by atoms with Gasteiger partial charge in [0.1, 0.15) is 5.75 Å². The number of amides is 1. The van der Waals surface area contributed by atoms with Gasteiger partial charge in [0.2, 0.25) is 5.91 Å². The highest BCUT2D eigenvalue weighted by molar-refractivity contribution is 5.90. The van der Waals surface area contributed by atoms with Gasteiger partial charge in [-0.05, 0) is 73.4 Å². The summed E-state index contributed by atoms with van der Waals surface area (Å²) in [6.07, 6.45) is 4.86. The third kappa shape index (κ3) is 4.43. The fourth-order valence-corrected chi connectivity index (χ4v) is 3.78. The van der Waals surface area contributed by atoms with Crippen LogP contribution in [0.2, 0.25) is 0 Å². The van der Waals surface area contributed by atoms with Gasteiger partial charge in [-0.15, -0.1) is 0 Å². The Balaban J connectivity index is 1.50. The first-order valence-electron chi connectivity index (χ1n) is 9.12. The molecule has 2 aromatic carbocycles. The molecule has 0 bridgehead atoms. The standard InChI is InChI=1S/C22H24N2O2/c1-26-21-5-3-2-4-20(21)18-10-6-16(7-11-18)14-22(25)24-19-12-8-17(15-23)9-13-19/h2-5,8-9,12-13,16,18H,6-7,10-11,14H2,1H3,(H,24,25)/t16-,18+. The van der Waals surface area contributed by atoms with Crippen LogP contribution in [0.15, 0.2) is 48.5 Å². The minimum Gasteiger partial charge on any atom is -0.496 e. The number of methoxy groups -OCH3 is 1. The summed E-state index contributed by atoms with van der Waals surface area (Å²) >= 11 is 0. The summed E-state index contributed by atoms with van der Waals surface area (Å²) in [7, 11) is 1.72. The van der Waals surface area contributed by atoms with E-state index in [1.807, 2.05) is 12.1 Å². The van der Waals surface area contributed by atoms with E-state index in [0.29, 0.717) is 23.8 Å². The number of para-hydroxylation sites is 1. The largest absolute Gasteiger partial charge is 0.496 e. The van der Waals surface area contributed by atoms with Gasteiger partial charge in [-0.1, -0.05) is 18.2 Å². The van der Waals surface area contributed by atoms with Gasteiger partial charge in [-0.3, -0.25) is 4.79 Å². The lowest BCUT2D eigenvalue weighted by Crippen LogP contribution is -2.20. The molecule has 1 aliphatic rings. The quantitative estimate of drug-likeness (QED) is 0.838. The molecule has 2 aromatic rings. The van der Waals surface area contributed by atoms with Gasteiger partial charge in [0.25, 0.3) is 0 Å². The Morgan fingerprint density at radius 3 is 2.46 bits per heavy atom. The summed E-state index contributed by atoms with van der Waals surface area (Å²) in [5.41, 5.74) is 2.63. The third-order valence-electron chi connectivity index (χ3n) is 5.20. The molecule has 0 unspecified atom stereocenters. The molecule has 0 saturated heterocycles. The molecule has 134 valence electrons. The number of carbonyl (C=O) groups is 1. The summed E-state index contributed by atoms with van der Waals surface area (Å²) in [5, 5.41) is 11.8. The number of hydrogen-bond donors (Lipinski definition) is 1. The highest BCUT2D eigenvalue weighted by Gasteiger charge is 2.25. The molecule has 0 heterocycles. The van der Waals surface area contributed by atoms with E-state index in [-0.39, 0.29) is 5.91 Å². The minimum absolute atomic E-state index is 0.0513. The van der Waals surface area contributed by atoms with Crippen LogP contribution in [-0.4, -0.2) is 13.0 Å². The van der Waals surface area contributed by atoms with Crippen molar-refractivity contribution in [2.24, 2.45) is 5.92 Å². The Hall–Kier alpha value is -2.80. The number of nitrogens with one attached hydrogen (secondary N) is 1. The van der Waals surface area contributed by atoms with Crippen LogP contribution in [0.3, 0.4) is 0 Å². The molecule has 4 heteroatoms. The average Bonchev–Trinajstić information content (AvgIpc) is 2.69. The van der Waals surface area contributed by atoms with Crippen LogP contribution in [0, 0.1) is 17.2 Å². The number of nitriles is 1. The molecular formula is C22H24N2O2. The SMILES string of the molecule is COc1ccccc1[C@H]1CC[C@@H](CC(=O)Nc2ccc(C#N)cc2)CC1. The van der Waals surface area contributed by atoms with Crippen molar-refractivity contribution in [1.29, 1.82) is 5.26 Å². The van der Waals surface area contributed by atoms with Crippen LogP contribution in [0.1, 0.15) is 49.1 Å². The van der Waals surface area contributed by atoms with E-state index in [0.717, 1.165) is 37.1 Å². The monoisotopic (exact) mass is 348 g/mol. The van der Waals surface area contributed by atoms with Crippen molar-refractivity contribution in [3.8, 4) is 11.8 Å². The van der Waals surface area contributed by atoms with Gasteiger partial charge in [0.15, 0.2) is 0 Å². The van der Waals surface area contributed by atoms with Crippen LogP contribution in [0.25, 0.3) is 0 Å². The molecule has 1 amide bonds. The van der Waals surface area contributed by atoms with Crippen LogP contribution in [0.4, 0.5) is 5.69 Å². The first-order valence-corrected chi connectivity index (χ1v) is 9.12. The predicted octanol–water partition coefficient (Wildman–Crippen LogP) is 4.87. The van der Waals surface area contributed by atoms with Crippen molar-refractivity contribution in [2.75, 3.05) is 12.4 Å². The first-order chi connectivity index (χ1) is 12.7. The molecule has 1 aliphatic carbocycles. The molecular weight excluding hydrogens is 324 g/mol. The minimum atomic E-state index is 0.0513. The molecule has 4 nitrogen and oxygen atoms in total. The number of rotatable bonds is 5. The Kier molecular flexibility index (Phi) is 5.91. The van der Waals surface area contributed by atoms with Gasteiger partial charge < -0.3 is 10.1 Å². The maximum atomic E-state index is 12.3. The summed E-state index contributed by atoms with van der Waals surface area (Å²) in [4.78, 5) is 12.3. The van der Waals surface area contributed by atoms with E-state index in [4.69, 9.17) is 10.00 Å². The summed E-state index contributed by atoms with van der Waals surface area (Å²) < 4.78 is 5.49. The maximum Gasteiger partial charge on any atom is 0.224 e. The second-order valence-corrected chi connectivity index (χ2v) is 6.90. The van der Waals surface area contributed by atoms with Crippen LogP contribution in [0.5, 0.6) is 5.75 Å². The molecule has 0 aliphatic heterocycles. The summed E-state index contributed by atoms with van der Waals surface area (Å²) in [6.45, 7) is 0. The molecule has 0 aromatic heterocycles. The predicted molar refractivity (Wildman–Crippen MR) is 102 cm³/mol. The van der Waals surface area contributed by atoms with E-state index in [1.165, 1.54) is 5.56 Å². The fraction of sp³-hybridized carbons (Fsp3) is 0.364. The second kappa shape index (κ2) is 8.53. The Bertz CT molecular complexity index is 785. The van der Waals surface area contributed by atoms with E-state index in [2.05, 4.69) is 23.5 Å². The van der Waals surface area contributed by atoms with Gasteiger partial charge in [0.05, 0.1) is 18.7 Å². The van der Waals surface area contributed by atoms with Crippen LogP contribution in [-0.2, 0) is 4.79 Å². The zero-order chi connectivity index (χ0) is 18.4. The number of nitrogens with zero attached hydrogens (tertiary/aromatic N) is 1. The van der Waals surface area contributed by atoms with Crippen LogP contribution >= 0.6 is 0 Å². The molecule has 0 radical (unpaired) electrons. The number of benzene rings is 2. The number of carbonyl (C=O) groups excluding carboxylic acids is 1. The molecule has 1 saturated carbocycles. The van der Waals surface area contributed by atoms with Gasteiger partial charge in [0, 0.05) is 12.1 Å². The van der Waals surface area contributed by atoms with Crippen molar-refractivity contribution >= 4 is 11.6 Å². The Morgan fingerprint density at radius 2 is 1.81 bits per heavy atom. The van der Waals surface area contributed by atoms with Crippen molar-refractivity contribution in [2.45, 2.75) is 38.0 Å². The third-order valence-corrected chi connectivity index (χ3v) is 5.20. The zero-order valence-electron chi connectivity index (χ0n) is 15.1. The van der Waals surface area contributed by atoms with Gasteiger partial charge in [-0.25, -0.2) is 0 Å². The fourth-order valence-electron chi connectivity index (χ4n) is 3.78. The maximum absolute atomic E-state index is 12.3. The lowest BCUT2D eigenvalue weighted by Gasteiger charge is -2.29. The normalized spacial score (nSPS) is 19.4. The number of ether oxygens (including phenoxy) is 1. The van der Waals surface area contributed by atoms with E-state index in [1.54, 1.807) is 31.4 Å². The molecule has 26 heavy (non-hydrogen) atoms. The van der Waals surface area contributed by atoms with Gasteiger partial charge in [-0.2, -0.15) is 5.26 Å². The van der Waals surface area contributed by atoms with Crippen molar-refractivity contribution in [3.63, 3.8) is 0 Å². The highest BCUT2D eigenvalue weighted by atomic mass is 16.5. The van der Waals surface area contributed by atoms with Gasteiger partial charge >= 0.3 is 0 Å². The Labute approximate surface area is 154 Å². The molecule has 3 rings (SSSR count). The second-order valence-electron chi connectivity index (χ2n) is 6.90. The molecule has 0 atom stereocenters. The average molecular weight is 348 g/mol. The number of anilines is 1. The molecule has 0 spiro atoms. The summed E-state index contributed by atoms with van der Waals surface area (Å²) in [5.74, 6) is 1.97. The lowest BCUT2D eigenvalue weighted by atomic mass is 9.77. The lowest BCUT2D eigenvalue weighted by molar-refractivity contribution is -0.117. The topological polar surface area (TPSA) is 62.1 Å². The summed E-state index contributed by atoms with van der Waals surface area (Å²) in [6, 6.07) is 17.3. The first kappa shape index (κ1) is 18.0. The van der Waals surface area contributed by atoms with E-state index in [9.17, 15) is 4.79 Å². The van der Waals surface area contributed by atoms with E-state index < -0.39 is 0 Å². The highest BCUT2D eigenvalue weighted by Crippen LogP contribution is 2.40. The zero-order valence-corrected chi connectivity index (χ0v) is 15.1. The van der Waals surface area contributed by atoms with Crippen LogP contribution < -0.4 is 10.1 Å². The van der Waals surface area contributed by atoms with Crippen molar-refractivity contribution < 1.29 is 9.53 Å². The van der Waals surface area contributed by atoms with E-state index >= 15 is 0 Å².